The van der Waals surface area contributed by atoms with E-state index in [2.05, 4.69) is 16.0 Å². The quantitative estimate of drug-likeness (QED) is 0.476. The van der Waals surface area contributed by atoms with Crippen molar-refractivity contribution in [2.45, 2.75) is 6.42 Å². The van der Waals surface area contributed by atoms with Gasteiger partial charge in [-0.15, -0.1) is 0 Å². The Bertz CT molecular complexity index is 187. The molecule has 0 radical (unpaired) electrons. The van der Waals surface area contributed by atoms with Gasteiger partial charge in [-0.1, -0.05) is 0 Å². The van der Waals surface area contributed by atoms with Crippen molar-refractivity contribution in [3.63, 3.8) is 0 Å². The fourth-order valence-electron chi connectivity index (χ4n) is 1.15. The molecule has 0 aromatic heterocycles. The first-order valence-corrected chi connectivity index (χ1v) is 3.97. The van der Waals surface area contributed by atoms with Crippen molar-refractivity contribution in [3.05, 3.63) is 0 Å². The van der Waals surface area contributed by atoms with Crippen molar-refractivity contribution in [1.82, 2.24) is 16.0 Å². The summed E-state index contributed by atoms with van der Waals surface area (Å²) in [6.45, 7) is 1.52. The third kappa shape index (κ3) is 2.20. The molecule has 0 aromatic rings. The molecule has 0 aliphatic carbocycles. The Morgan fingerprint density at radius 1 is 1.50 bits per heavy atom. The van der Waals surface area contributed by atoms with Gasteiger partial charge in [0.2, 0.25) is 5.91 Å². The average Bonchev–Trinajstić information content (AvgIpc) is 2.56. The van der Waals surface area contributed by atoms with E-state index in [-0.39, 0.29) is 11.8 Å². The summed E-state index contributed by atoms with van der Waals surface area (Å²) in [5.41, 5.74) is 0. The fourth-order valence-corrected chi connectivity index (χ4v) is 1.15. The standard InChI is InChI=1S/C7H13N3O2/c1-8-7(12)10-6(11)5-2-3-9-4-5/h5,9H,2-4H2,1H3,(H2,8,10,11,12). The molecule has 1 aliphatic heterocycles. The Kier molecular flexibility index (Phi) is 3.04. The number of carbonyl (C=O) groups is 2. The van der Waals surface area contributed by atoms with Crippen LogP contribution in [0.2, 0.25) is 0 Å². The van der Waals surface area contributed by atoms with E-state index in [9.17, 15) is 9.59 Å². The van der Waals surface area contributed by atoms with Gasteiger partial charge in [-0.05, 0) is 13.0 Å². The minimum absolute atomic E-state index is 0.0534. The number of amides is 3. The van der Waals surface area contributed by atoms with Gasteiger partial charge < -0.3 is 10.6 Å². The van der Waals surface area contributed by atoms with E-state index in [1.165, 1.54) is 7.05 Å². The molecule has 1 heterocycles. The average molecular weight is 171 g/mol. The van der Waals surface area contributed by atoms with Gasteiger partial charge in [0.1, 0.15) is 0 Å². The summed E-state index contributed by atoms with van der Waals surface area (Å²) in [5.74, 6) is -0.248. The van der Waals surface area contributed by atoms with Crippen LogP contribution in [0.4, 0.5) is 4.79 Å². The molecule has 5 nitrogen and oxygen atoms in total. The lowest BCUT2D eigenvalue weighted by molar-refractivity contribution is -0.123. The van der Waals surface area contributed by atoms with Crippen LogP contribution in [0.15, 0.2) is 0 Å². The second-order valence-electron chi connectivity index (χ2n) is 2.76. The predicted molar refractivity (Wildman–Crippen MR) is 43.6 cm³/mol. The Balaban J connectivity index is 2.32. The SMILES string of the molecule is CNC(=O)NC(=O)C1CCNC1. The molecule has 0 saturated carbocycles. The molecule has 1 rings (SSSR count). The Labute approximate surface area is 70.9 Å². The van der Waals surface area contributed by atoms with Crippen molar-refractivity contribution >= 4 is 11.9 Å². The van der Waals surface area contributed by atoms with Gasteiger partial charge in [0, 0.05) is 13.6 Å². The van der Waals surface area contributed by atoms with E-state index in [1.807, 2.05) is 0 Å². The normalized spacial score (nSPS) is 21.9. The van der Waals surface area contributed by atoms with Gasteiger partial charge in [0.15, 0.2) is 0 Å². The van der Waals surface area contributed by atoms with Crippen LogP contribution in [0.1, 0.15) is 6.42 Å². The van der Waals surface area contributed by atoms with Crippen LogP contribution in [-0.4, -0.2) is 32.1 Å². The molecule has 1 atom stereocenters. The second kappa shape index (κ2) is 4.06. The van der Waals surface area contributed by atoms with E-state index in [1.54, 1.807) is 0 Å². The summed E-state index contributed by atoms with van der Waals surface area (Å²) in [4.78, 5) is 21.9. The van der Waals surface area contributed by atoms with Gasteiger partial charge in [0.25, 0.3) is 0 Å². The number of hydrogen-bond acceptors (Lipinski definition) is 3. The third-order valence-corrected chi connectivity index (χ3v) is 1.89. The highest BCUT2D eigenvalue weighted by molar-refractivity contribution is 5.95. The summed E-state index contributed by atoms with van der Waals surface area (Å²) >= 11 is 0. The molecule has 3 amide bonds. The smallest absolute Gasteiger partial charge is 0.321 e. The summed E-state index contributed by atoms with van der Waals surface area (Å²) < 4.78 is 0. The summed E-state index contributed by atoms with van der Waals surface area (Å²) in [7, 11) is 1.48. The molecule has 0 aromatic carbocycles. The number of imide groups is 1. The Hall–Kier alpha value is -1.10. The third-order valence-electron chi connectivity index (χ3n) is 1.89. The Morgan fingerprint density at radius 3 is 2.75 bits per heavy atom. The summed E-state index contributed by atoms with van der Waals surface area (Å²) in [5, 5.41) is 7.62. The highest BCUT2D eigenvalue weighted by Crippen LogP contribution is 2.06. The molecule has 0 bridgehead atoms. The monoisotopic (exact) mass is 171 g/mol. The van der Waals surface area contributed by atoms with E-state index in [0.29, 0.717) is 6.54 Å². The van der Waals surface area contributed by atoms with Crippen molar-refractivity contribution in [2.75, 3.05) is 20.1 Å². The zero-order valence-electron chi connectivity index (χ0n) is 7.02. The fraction of sp³-hybridized carbons (Fsp3) is 0.714. The van der Waals surface area contributed by atoms with Gasteiger partial charge in [-0.25, -0.2) is 4.79 Å². The minimum atomic E-state index is -0.438. The lowest BCUT2D eigenvalue weighted by atomic mass is 10.1. The molecule has 1 fully saturated rings. The molecule has 3 N–H and O–H groups in total. The summed E-state index contributed by atoms with van der Waals surface area (Å²) in [6.07, 6.45) is 0.808. The van der Waals surface area contributed by atoms with E-state index < -0.39 is 6.03 Å². The van der Waals surface area contributed by atoms with Gasteiger partial charge >= 0.3 is 6.03 Å². The molecule has 68 valence electrons. The van der Waals surface area contributed by atoms with Crippen LogP contribution < -0.4 is 16.0 Å². The Morgan fingerprint density at radius 2 is 2.25 bits per heavy atom. The topological polar surface area (TPSA) is 70.2 Å². The molecule has 1 saturated heterocycles. The van der Waals surface area contributed by atoms with Gasteiger partial charge in [-0.2, -0.15) is 0 Å². The highest BCUT2D eigenvalue weighted by Gasteiger charge is 2.23. The second-order valence-corrected chi connectivity index (χ2v) is 2.76. The van der Waals surface area contributed by atoms with Crippen LogP contribution in [0, 0.1) is 5.92 Å². The van der Waals surface area contributed by atoms with Crippen LogP contribution in [0.25, 0.3) is 0 Å². The minimum Gasteiger partial charge on any atom is -0.341 e. The number of carbonyl (C=O) groups excluding carboxylic acids is 2. The van der Waals surface area contributed by atoms with E-state index >= 15 is 0 Å². The van der Waals surface area contributed by atoms with Crippen molar-refractivity contribution < 1.29 is 9.59 Å². The lowest BCUT2D eigenvalue weighted by Crippen LogP contribution is -2.41. The number of hydrogen-bond donors (Lipinski definition) is 3. The van der Waals surface area contributed by atoms with Crippen molar-refractivity contribution in [1.29, 1.82) is 0 Å². The first-order chi connectivity index (χ1) is 5.74. The van der Waals surface area contributed by atoms with Crippen LogP contribution in [0.3, 0.4) is 0 Å². The first-order valence-electron chi connectivity index (χ1n) is 3.97. The highest BCUT2D eigenvalue weighted by atomic mass is 16.2. The maximum absolute atomic E-state index is 11.2. The van der Waals surface area contributed by atoms with Crippen LogP contribution in [-0.2, 0) is 4.79 Å². The molecular formula is C7H13N3O2. The van der Waals surface area contributed by atoms with Crippen molar-refractivity contribution in [2.24, 2.45) is 5.92 Å². The maximum atomic E-state index is 11.2. The molecule has 0 spiro atoms. The van der Waals surface area contributed by atoms with Gasteiger partial charge in [-0.3, -0.25) is 10.1 Å². The zero-order chi connectivity index (χ0) is 8.97. The maximum Gasteiger partial charge on any atom is 0.321 e. The van der Waals surface area contributed by atoms with Crippen LogP contribution in [0.5, 0.6) is 0 Å². The van der Waals surface area contributed by atoms with E-state index in [0.717, 1.165) is 13.0 Å². The predicted octanol–water partition coefficient (Wildman–Crippen LogP) is -0.948. The summed E-state index contributed by atoms with van der Waals surface area (Å²) in [6, 6.07) is -0.438. The van der Waals surface area contributed by atoms with Gasteiger partial charge in [0.05, 0.1) is 5.92 Å². The van der Waals surface area contributed by atoms with Crippen LogP contribution >= 0.6 is 0 Å². The molecule has 1 aliphatic rings. The largest absolute Gasteiger partial charge is 0.341 e. The zero-order valence-corrected chi connectivity index (χ0v) is 7.02. The number of rotatable bonds is 1. The number of urea groups is 1. The van der Waals surface area contributed by atoms with E-state index in [4.69, 9.17) is 0 Å². The molecule has 12 heavy (non-hydrogen) atoms. The van der Waals surface area contributed by atoms with Crippen molar-refractivity contribution in [3.8, 4) is 0 Å². The molecular weight excluding hydrogens is 158 g/mol. The molecule has 5 heteroatoms. The lowest BCUT2D eigenvalue weighted by Gasteiger charge is -2.07. The molecule has 1 unspecified atom stereocenters. The number of nitrogens with one attached hydrogen (secondary N) is 3. The first kappa shape index (κ1) is 8.99.